The largest absolute Gasteiger partial charge is 0.383 e. The van der Waals surface area contributed by atoms with Crippen LogP contribution in [0.4, 0.5) is 0 Å². The highest BCUT2D eigenvalue weighted by Crippen LogP contribution is 2.40. The van der Waals surface area contributed by atoms with Gasteiger partial charge in [-0.25, -0.2) is 4.98 Å². The fourth-order valence-corrected chi connectivity index (χ4v) is 4.52. The van der Waals surface area contributed by atoms with Crippen LogP contribution in [0.1, 0.15) is 41.2 Å². The molecule has 1 amide bonds. The number of carbonyl (C=O) groups excluding carboxylic acids is 1. The van der Waals surface area contributed by atoms with Crippen molar-refractivity contribution in [1.82, 2.24) is 14.8 Å². The fourth-order valence-electron chi connectivity index (χ4n) is 3.93. The molecule has 2 aliphatic rings. The van der Waals surface area contributed by atoms with Gasteiger partial charge in [0.2, 0.25) is 0 Å². The monoisotopic (exact) mass is 323 g/mol. The van der Waals surface area contributed by atoms with Crippen LogP contribution >= 0.6 is 11.3 Å². The van der Waals surface area contributed by atoms with Crippen LogP contribution < -0.4 is 0 Å². The van der Waals surface area contributed by atoms with Crippen LogP contribution in [0.5, 0.6) is 0 Å². The lowest BCUT2D eigenvalue weighted by molar-refractivity contribution is 0.0271. The molecular weight excluding hydrogens is 298 g/mol. The van der Waals surface area contributed by atoms with Gasteiger partial charge in [-0.15, -0.1) is 11.3 Å². The van der Waals surface area contributed by atoms with Gasteiger partial charge in [-0.3, -0.25) is 9.69 Å². The predicted octanol–water partition coefficient (Wildman–Crippen LogP) is 2.17. The maximum Gasteiger partial charge on any atom is 0.273 e. The molecule has 1 spiro atoms. The second-order valence-electron chi connectivity index (χ2n) is 6.53. The summed E-state index contributed by atoms with van der Waals surface area (Å²) in [5, 5.41) is 2.83. The van der Waals surface area contributed by atoms with Crippen LogP contribution in [0.2, 0.25) is 0 Å². The number of rotatable bonds is 3. The number of piperidine rings is 1. The number of likely N-dealkylation sites (tertiary alicyclic amines) is 2. The van der Waals surface area contributed by atoms with E-state index in [9.17, 15) is 4.79 Å². The molecule has 3 rings (SSSR count). The predicted molar refractivity (Wildman–Crippen MR) is 87.4 cm³/mol. The first-order valence-corrected chi connectivity index (χ1v) is 8.87. The Labute approximate surface area is 136 Å². The summed E-state index contributed by atoms with van der Waals surface area (Å²) < 4.78 is 5.34. The van der Waals surface area contributed by atoms with Gasteiger partial charge in [0.1, 0.15) is 5.69 Å². The third kappa shape index (κ3) is 2.79. The molecule has 0 saturated carbocycles. The van der Waals surface area contributed by atoms with Crippen molar-refractivity contribution in [2.24, 2.45) is 0 Å². The van der Waals surface area contributed by atoms with Crippen molar-refractivity contribution in [3.63, 3.8) is 0 Å². The molecule has 3 heterocycles. The van der Waals surface area contributed by atoms with Gasteiger partial charge in [0, 0.05) is 37.2 Å². The minimum absolute atomic E-state index is 0.0910. The minimum atomic E-state index is 0.0910. The van der Waals surface area contributed by atoms with E-state index in [2.05, 4.69) is 16.9 Å². The summed E-state index contributed by atoms with van der Waals surface area (Å²) in [6, 6.07) is 0.522. The zero-order chi connectivity index (χ0) is 15.7. The van der Waals surface area contributed by atoms with Crippen LogP contribution in [0.15, 0.2) is 5.38 Å². The Bertz CT molecular complexity index is 537. The summed E-state index contributed by atoms with van der Waals surface area (Å²) in [6.45, 7) is 4.41. The highest BCUT2D eigenvalue weighted by Gasteiger charge is 2.46. The van der Waals surface area contributed by atoms with E-state index in [1.165, 1.54) is 12.8 Å². The molecule has 2 fully saturated rings. The number of carbonyl (C=O) groups is 1. The van der Waals surface area contributed by atoms with Crippen molar-refractivity contribution >= 4 is 17.2 Å². The lowest BCUT2D eigenvalue weighted by Gasteiger charge is -2.44. The number of amides is 1. The maximum absolute atomic E-state index is 12.5. The van der Waals surface area contributed by atoms with Gasteiger partial charge < -0.3 is 9.64 Å². The molecule has 0 unspecified atom stereocenters. The van der Waals surface area contributed by atoms with Gasteiger partial charge in [-0.05, 0) is 39.7 Å². The number of ether oxygens (including phenoxy) is 1. The molecule has 1 atom stereocenters. The van der Waals surface area contributed by atoms with Gasteiger partial charge in [0.15, 0.2) is 0 Å². The van der Waals surface area contributed by atoms with Crippen molar-refractivity contribution < 1.29 is 9.53 Å². The van der Waals surface area contributed by atoms with E-state index in [0.717, 1.165) is 37.5 Å². The normalized spacial score (nSPS) is 25.0. The van der Waals surface area contributed by atoms with Crippen LogP contribution in [0.25, 0.3) is 0 Å². The van der Waals surface area contributed by atoms with Crippen molar-refractivity contribution in [2.45, 2.75) is 44.2 Å². The quantitative estimate of drug-likeness (QED) is 0.855. The minimum Gasteiger partial charge on any atom is -0.383 e. The summed E-state index contributed by atoms with van der Waals surface area (Å²) in [7, 11) is 3.99. The lowest BCUT2D eigenvalue weighted by atomic mass is 9.85. The van der Waals surface area contributed by atoms with Gasteiger partial charge in [-0.1, -0.05) is 0 Å². The van der Waals surface area contributed by atoms with Crippen molar-refractivity contribution in [2.75, 3.05) is 33.9 Å². The smallest absolute Gasteiger partial charge is 0.273 e. The third-order valence-electron chi connectivity index (χ3n) is 5.42. The molecule has 122 valence electrons. The number of likely N-dealkylation sites (N-methyl/N-ethyl adjacent to an activating group) is 1. The highest BCUT2D eigenvalue weighted by molar-refractivity contribution is 7.09. The molecule has 0 aliphatic carbocycles. The van der Waals surface area contributed by atoms with E-state index < -0.39 is 0 Å². The zero-order valence-electron chi connectivity index (χ0n) is 13.7. The summed E-state index contributed by atoms with van der Waals surface area (Å²) in [5.41, 5.74) is 0.869. The Morgan fingerprint density at radius 1 is 1.45 bits per heavy atom. The molecule has 0 radical (unpaired) electrons. The van der Waals surface area contributed by atoms with Crippen LogP contribution in [-0.2, 0) is 4.74 Å². The summed E-state index contributed by atoms with van der Waals surface area (Å²) >= 11 is 1.54. The summed E-state index contributed by atoms with van der Waals surface area (Å²) in [6.07, 6.45) is 4.52. The second kappa shape index (κ2) is 6.26. The molecule has 0 N–H and O–H groups in total. The number of nitrogens with zero attached hydrogens (tertiary/aromatic N) is 3. The maximum atomic E-state index is 12.5. The summed E-state index contributed by atoms with van der Waals surface area (Å²) in [4.78, 5) is 21.3. The number of thiazole rings is 1. The Morgan fingerprint density at radius 3 is 2.77 bits per heavy atom. The first-order valence-electron chi connectivity index (χ1n) is 7.99. The van der Waals surface area contributed by atoms with E-state index in [4.69, 9.17) is 4.74 Å². The van der Waals surface area contributed by atoms with Crippen LogP contribution in [0, 0.1) is 6.92 Å². The van der Waals surface area contributed by atoms with E-state index in [1.54, 1.807) is 18.4 Å². The number of aryl methyl sites for hydroxylation is 1. The number of methoxy groups -OCH3 is 1. The molecule has 1 aromatic rings. The number of hydrogen-bond donors (Lipinski definition) is 0. The fraction of sp³-hybridized carbons (Fsp3) is 0.750. The molecule has 2 saturated heterocycles. The topological polar surface area (TPSA) is 45.7 Å². The Hall–Kier alpha value is -0.980. The van der Waals surface area contributed by atoms with Crippen LogP contribution in [-0.4, -0.2) is 66.1 Å². The standard InChI is InChI=1S/C16H25N3O2S/c1-12-17-14(11-22-12)15(20)19-8-6-16(7-9-19)5-4-13(10-21-3)18(16)2/h11,13H,4-10H2,1-3H3/t13-/m1/s1. The van der Waals surface area contributed by atoms with Gasteiger partial charge in [0.25, 0.3) is 5.91 Å². The summed E-state index contributed by atoms with van der Waals surface area (Å²) in [5.74, 6) is 0.0910. The first kappa shape index (κ1) is 15.9. The van der Waals surface area contributed by atoms with Gasteiger partial charge in [-0.2, -0.15) is 0 Å². The zero-order valence-corrected chi connectivity index (χ0v) is 14.5. The van der Waals surface area contributed by atoms with Crippen molar-refractivity contribution in [3.05, 3.63) is 16.1 Å². The molecule has 6 heteroatoms. The molecule has 5 nitrogen and oxygen atoms in total. The third-order valence-corrected chi connectivity index (χ3v) is 6.19. The van der Waals surface area contributed by atoms with Gasteiger partial charge >= 0.3 is 0 Å². The van der Waals surface area contributed by atoms with Crippen molar-refractivity contribution in [1.29, 1.82) is 0 Å². The second-order valence-corrected chi connectivity index (χ2v) is 7.59. The molecule has 22 heavy (non-hydrogen) atoms. The van der Waals surface area contributed by atoms with Crippen molar-refractivity contribution in [3.8, 4) is 0 Å². The Kier molecular flexibility index (Phi) is 4.52. The highest BCUT2D eigenvalue weighted by atomic mass is 32.1. The van der Waals surface area contributed by atoms with Crippen LogP contribution in [0.3, 0.4) is 0 Å². The molecule has 1 aromatic heterocycles. The molecule has 2 aliphatic heterocycles. The van der Waals surface area contributed by atoms with E-state index >= 15 is 0 Å². The Balaban J connectivity index is 1.62. The first-order chi connectivity index (χ1) is 10.6. The van der Waals surface area contributed by atoms with E-state index in [0.29, 0.717) is 11.7 Å². The number of hydrogen-bond acceptors (Lipinski definition) is 5. The molecule has 0 bridgehead atoms. The average molecular weight is 323 g/mol. The molecular formula is C16H25N3O2S. The van der Waals surface area contributed by atoms with E-state index in [-0.39, 0.29) is 11.4 Å². The van der Waals surface area contributed by atoms with Gasteiger partial charge in [0.05, 0.1) is 11.6 Å². The van der Waals surface area contributed by atoms with E-state index in [1.807, 2.05) is 17.2 Å². The number of aromatic nitrogens is 1. The SMILES string of the molecule is COC[C@H]1CCC2(CCN(C(=O)c3csc(C)n3)CC2)N1C. The average Bonchev–Trinajstić information content (AvgIpc) is 3.08. The lowest BCUT2D eigenvalue weighted by Crippen LogP contribution is -2.54. The Morgan fingerprint density at radius 2 is 2.18 bits per heavy atom. The molecule has 0 aromatic carbocycles.